The van der Waals surface area contributed by atoms with Gasteiger partial charge in [-0.05, 0) is 64.7 Å². The molecule has 1 unspecified atom stereocenters. The molecular weight excluding hydrogens is 248 g/mol. The Labute approximate surface area is 126 Å². The standard InChI is InChI=1S/C17H36N2O/c1-16(2)14-18-11-7-5-6-8-12-19-13-9-10-17(3,15-19)20-4/h16,18H,5-15H2,1-4H3. The normalized spacial score (nSPS) is 24.4. The second-order valence-corrected chi connectivity index (χ2v) is 7.05. The molecule has 1 heterocycles. The first kappa shape index (κ1) is 17.9. The molecule has 3 heteroatoms. The van der Waals surface area contributed by atoms with E-state index in [0.29, 0.717) is 0 Å². The smallest absolute Gasteiger partial charge is 0.0777 e. The van der Waals surface area contributed by atoms with E-state index < -0.39 is 0 Å². The zero-order valence-electron chi connectivity index (χ0n) is 14.2. The van der Waals surface area contributed by atoms with Gasteiger partial charge in [-0.2, -0.15) is 0 Å². The zero-order valence-corrected chi connectivity index (χ0v) is 14.2. The predicted octanol–water partition coefficient (Wildman–Crippen LogP) is 3.29. The van der Waals surface area contributed by atoms with Gasteiger partial charge in [0.1, 0.15) is 0 Å². The quantitative estimate of drug-likeness (QED) is 0.623. The molecule has 0 aromatic rings. The summed E-state index contributed by atoms with van der Waals surface area (Å²) in [5.74, 6) is 0.768. The van der Waals surface area contributed by atoms with Crippen molar-refractivity contribution >= 4 is 0 Å². The van der Waals surface area contributed by atoms with Gasteiger partial charge in [0.2, 0.25) is 0 Å². The Hall–Kier alpha value is -0.120. The molecule has 0 aliphatic carbocycles. The van der Waals surface area contributed by atoms with Crippen molar-refractivity contribution in [1.29, 1.82) is 0 Å². The molecule has 3 nitrogen and oxygen atoms in total. The van der Waals surface area contributed by atoms with Crippen LogP contribution in [0.1, 0.15) is 59.3 Å². The lowest BCUT2D eigenvalue weighted by Gasteiger charge is -2.39. The number of hydrogen-bond donors (Lipinski definition) is 1. The van der Waals surface area contributed by atoms with E-state index in [1.54, 1.807) is 0 Å². The summed E-state index contributed by atoms with van der Waals surface area (Å²) in [6.07, 6.45) is 7.88. The van der Waals surface area contributed by atoms with Crippen molar-refractivity contribution in [3.63, 3.8) is 0 Å². The Balaban J connectivity index is 1.96. The third-order valence-electron chi connectivity index (χ3n) is 4.36. The molecule has 0 saturated carbocycles. The van der Waals surface area contributed by atoms with Gasteiger partial charge in [-0.25, -0.2) is 0 Å². The molecular formula is C17H36N2O. The fourth-order valence-corrected chi connectivity index (χ4v) is 2.99. The average Bonchev–Trinajstić information content (AvgIpc) is 2.41. The number of methoxy groups -OCH3 is 1. The molecule has 1 fully saturated rings. The van der Waals surface area contributed by atoms with Crippen LogP contribution in [0.4, 0.5) is 0 Å². The molecule has 0 amide bonds. The van der Waals surface area contributed by atoms with Gasteiger partial charge in [-0.3, -0.25) is 0 Å². The van der Waals surface area contributed by atoms with Gasteiger partial charge in [0.05, 0.1) is 5.60 Å². The number of rotatable bonds is 10. The van der Waals surface area contributed by atoms with Crippen molar-refractivity contribution in [3.8, 4) is 0 Å². The first-order valence-corrected chi connectivity index (χ1v) is 8.54. The Kier molecular flexibility index (Phi) is 8.74. The van der Waals surface area contributed by atoms with Gasteiger partial charge < -0.3 is 15.0 Å². The van der Waals surface area contributed by atoms with E-state index in [0.717, 1.165) is 19.0 Å². The fourth-order valence-electron chi connectivity index (χ4n) is 2.99. The summed E-state index contributed by atoms with van der Waals surface area (Å²) in [5.41, 5.74) is 0.0962. The summed E-state index contributed by atoms with van der Waals surface area (Å²) in [6.45, 7) is 12.7. The highest BCUT2D eigenvalue weighted by atomic mass is 16.5. The minimum Gasteiger partial charge on any atom is -0.377 e. The maximum Gasteiger partial charge on any atom is 0.0777 e. The number of hydrogen-bond acceptors (Lipinski definition) is 3. The second-order valence-electron chi connectivity index (χ2n) is 7.05. The van der Waals surface area contributed by atoms with E-state index in [4.69, 9.17) is 4.74 Å². The molecule has 0 radical (unpaired) electrons. The van der Waals surface area contributed by atoms with E-state index in [-0.39, 0.29) is 5.60 Å². The first-order chi connectivity index (χ1) is 9.56. The minimum absolute atomic E-state index is 0.0962. The van der Waals surface area contributed by atoms with E-state index >= 15 is 0 Å². The number of unbranched alkanes of at least 4 members (excludes halogenated alkanes) is 3. The number of nitrogens with zero attached hydrogens (tertiary/aromatic N) is 1. The monoisotopic (exact) mass is 284 g/mol. The Bertz CT molecular complexity index is 245. The summed E-state index contributed by atoms with van der Waals surface area (Å²) in [6, 6.07) is 0. The van der Waals surface area contributed by atoms with Crippen molar-refractivity contribution in [1.82, 2.24) is 10.2 Å². The van der Waals surface area contributed by atoms with Crippen LogP contribution in [0.3, 0.4) is 0 Å². The summed E-state index contributed by atoms with van der Waals surface area (Å²) in [4.78, 5) is 2.59. The van der Waals surface area contributed by atoms with Gasteiger partial charge >= 0.3 is 0 Å². The summed E-state index contributed by atoms with van der Waals surface area (Å²) in [7, 11) is 1.85. The van der Waals surface area contributed by atoms with Gasteiger partial charge in [-0.15, -0.1) is 0 Å². The SMILES string of the molecule is COC1(C)CCCN(CCCCCCNCC(C)C)C1. The van der Waals surface area contributed by atoms with Crippen LogP contribution in [0.25, 0.3) is 0 Å². The third-order valence-corrected chi connectivity index (χ3v) is 4.36. The van der Waals surface area contributed by atoms with Crippen LogP contribution in [0, 0.1) is 5.92 Å². The summed E-state index contributed by atoms with van der Waals surface area (Å²) >= 11 is 0. The van der Waals surface area contributed by atoms with Crippen LogP contribution in [0.5, 0.6) is 0 Å². The predicted molar refractivity (Wildman–Crippen MR) is 87.3 cm³/mol. The molecule has 0 aromatic heterocycles. The van der Waals surface area contributed by atoms with Crippen LogP contribution in [0.2, 0.25) is 0 Å². The number of nitrogens with one attached hydrogen (secondary N) is 1. The molecule has 1 aliphatic heterocycles. The van der Waals surface area contributed by atoms with Gasteiger partial charge in [0.25, 0.3) is 0 Å². The Morgan fingerprint density at radius 1 is 1.20 bits per heavy atom. The van der Waals surface area contributed by atoms with Gasteiger partial charge in [-0.1, -0.05) is 26.7 Å². The minimum atomic E-state index is 0.0962. The Morgan fingerprint density at radius 3 is 2.65 bits per heavy atom. The molecule has 0 aromatic carbocycles. The molecule has 1 rings (SSSR count). The lowest BCUT2D eigenvalue weighted by Crippen LogP contribution is -2.47. The largest absolute Gasteiger partial charge is 0.377 e. The highest BCUT2D eigenvalue weighted by Crippen LogP contribution is 2.23. The van der Waals surface area contributed by atoms with E-state index in [1.165, 1.54) is 58.2 Å². The molecule has 20 heavy (non-hydrogen) atoms. The molecule has 1 saturated heterocycles. The fraction of sp³-hybridized carbons (Fsp3) is 1.00. The van der Waals surface area contributed by atoms with E-state index in [2.05, 4.69) is 31.0 Å². The Morgan fingerprint density at radius 2 is 1.95 bits per heavy atom. The van der Waals surface area contributed by atoms with Crippen molar-refractivity contribution in [2.24, 2.45) is 5.92 Å². The van der Waals surface area contributed by atoms with Crippen LogP contribution in [0.15, 0.2) is 0 Å². The lowest BCUT2D eigenvalue weighted by molar-refractivity contribution is -0.0508. The maximum atomic E-state index is 5.65. The van der Waals surface area contributed by atoms with Crippen molar-refractivity contribution in [3.05, 3.63) is 0 Å². The topological polar surface area (TPSA) is 24.5 Å². The van der Waals surface area contributed by atoms with Crippen LogP contribution < -0.4 is 5.32 Å². The molecule has 0 bridgehead atoms. The number of likely N-dealkylation sites (tertiary alicyclic amines) is 1. The maximum absolute atomic E-state index is 5.65. The summed E-state index contributed by atoms with van der Waals surface area (Å²) < 4.78 is 5.65. The van der Waals surface area contributed by atoms with Crippen LogP contribution >= 0.6 is 0 Å². The second kappa shape index (κ2) is 9.75. The molecule has 0 spiro atoms. The highest BCUT2D eigenvalue weighted by molar-refractivity contribution is 4.84. The van der Waals surface area contributed by atoms with E-state index in [1.807, 2.05) is 7.11 Å². The third kappa shape index (κ3) is 7.61. The number of piperidine rings is 1. The summed E-state index contributed by atoms with van der Waals surface area (Å²) in [5, 5.41) is 3.52. The molecule has 1 N–H and O–H groups in total. The van der Waals surface area contributed by atoms with Crippen molar-refractivity contribution in [2.75, 3.05) is 39.8 Å². The van der Waals surface area contributed by atoms with Crippen molar-refractivity contribution in [2.45, 2.75) is 64.9 Å². The first-order valence-electron chi connectivity index (χ1n) is 8.54. The zero-order chi connectivity index (χ0) is 14.8. The van der Waals surface area contributed by atoms with Crippen molar-refractivity contribution < 1.29 is 4.74 Å². The molecule has 1 atom stereocenters. The van der Waals surface area contributed by atoms with Gasteiger partial charge in [0.15, 0.2) is 0 Å². The van der Waals surface area contributed by atoms with Crippen LogP contribution in [-0.4, -0.2) is 50.3 Å². The lowest BCUT2D eigenvalue weighted by atomic mass is 9.94. The van der Waals surface area contributed by atoms with Gasteiger partial charge in [0, 0.05) is 13.7 Å². The highest BCUT2D eigenvalue weighted by Gasteiger charge is 2.30. The van der Waals surface area contributed by atoms with E-state index in [9.17, 15) is 0 Å². The molecule has 1 aliphatic rings. The average molecular weight is 284 g/mol. The molecule has 120 valence electrons. The number of ether oxygens (including phenoxy) is 1. The van der Waals surface area contributed by atoms with Crippen LogP contribution in [-0.2, 0) is 4.74 Å².